The van der Waals surface area contributed by atoms with Crippen molar-refractivity contribution in [2.24, 2.45) is 5.84 Å². The molecule has 0 aliphatic carbocycles. The summed E-state index contributed by atoms with van der Waals surface area (Å²) in [7, 11) is 0. The second-order valence-corrected chi connectivity index (χ2v) is 8.06. The number of carbonyl (C=O) groups is 2. The Bertz CT molecular complexity index is 1310. The van der Waals surface area contributed by atoms with E-state index in [1.807, 2.05) is 42.5 Å². The first-order valence-corrected chi connectivity index (χ1v) is 10.9. The normalized spacial score (nSPS) is 13.3. The Balaban J connectivity index is 1.31. The number of anilines is 2. The summed E-state index contributed by atoms with van der Waals surface area (Å²) in [5.74, 6) is 5.34. The molecule has 1 aliphatic heterocycles. The molecule has 1 fully saturated rings. The fourth-order valence-corrected chi connectivity index (χ4v) is 4.09. The standard InChI is InChI=1S/C25H24N6O2/c26-30-25(33)18-5-3-16(4-6-18)23-28-21-12-9-19(15-22(21)29-23)27-24(32)17-7-10-20(11-8-17)31-13-1-2-14-31/h3-12,15H,1-2,13-14,26H2,(H,27,32)(H,28,29)(H,30,33). The highest BCUT2D eigenvalue weighted by molar-refractivity contribution is 6.05. The van der Waals surface area contributed by atoms with Crippen LogP contribution in [0.1, 0.15) is 33.6 Å². The summed E-state index contributed by atoms with van der Waals surface area (Å²) in [6.45, 7) is 2.15. The summed E-state index contributed by atoms with van der Waals surface area (Å²) in [6.07, 6.45) is 2.44. The second-order valence-electron chi connectivity index (χ2n) is 8.06. The highest BCUT2D eigenvalue weighted by Crippen LogP contribution is 2.24. The smallest absolute Gasteiger partial charge is 0.265 e. The first-order chi connectivity index (χ1) is 16.1. The minimum atomic E-state index is -0.350. The molecule has 0 saturated carbocycles. The Kier molecular flexibility index (Phi) is 5.50. The fourth-order valence-electron chi connectivity index (χ4n) is 4.09. The predicted octanol–water partition coefficient (Wildman–Crippen LogP) is 3.69. The Morgan fingerprint density at radius 1 is 0.879 bits per heavy atom. The van der Waals surface area contributed by atoms with Crippen LogP contribution in [0.15, 0.2) is 66.7 Å². The Hall–Kier alpha value is -4.17. The average molecular weight is 441 g/mol. The van der Waals surface area contributed by atoms with Gasteiger partial charge >= 0.3 is 0 Å². The summed E-state index contributed by atoms with van der Waals surface area (Å²) in [4.78, 5) is 34.6. The van der Waals surface area contributed by atoms with Crippen LogP contribution >= 0.6 is 0 Å². The zero-order valence-corrected chi connectivity index (χ0v) is 18.0. The number of aromatic amines is 1. The van der Waals surface area contributed by atoms with Crippen LogP contribution in [-0.4, -0.2) is 34.9 Å². The molecule has 1 aliphatic rings. The number of nitrogens with one attached hydrogen (secondary N) is 3. The van der Waals surface area contributed by atoms with Crippen LogP contribution in [0.2, 0.25) is 0 Å². The minimum absolute atomic E-state index is 0.157. The third-order valence-corrected chi connectivity index (χ3v) is 5.89. The molecule has 1 saturated heterocycles. The molecule has 33 heavy (non-hydrogen) atoms. The van der Waals surface area contributed by atoms with E-state index in [9.17, 15) is 9.59 Å². The van der Waals surface area contributed by atoms with E-state index in [0.717, 1.165) is 35.4 Å². The summed E-state index contributed by atoms with van der Waals surface area (Å²) in [6, 6.07) is 20.3. The van der Waals surface area contributed by atoms with Crippen LogP contribution in [0.5, 0.6) is 0 Å². The highest BCUT2D eigenvalue weighted by atomic mass is 16.2. The molecule has 4 aromatic rings. The second kappa shape index (κ2) is 8.76. The Morgan fingerprint density at radius 3 is 2.24 bits per heavy atom. The fraction of sp³-hybridized carbons (Fsp3) is 0.160. The number of carbonyl (C=O) groups excluding carboxylic acids is 2. The monoisotopic (exact) mass is 440 g/mol. The number of rotatable bonds is 5. The van der Waals surface area contributed by atoms with Gasteiger partial charge in [0.05, 0.1) is 11.0 Å². The molecule has 0 spiro atoms. The van der Waals surface area contributed by atoms with E-state index >= 15 is 0 Å². The van der Waals surface area contributed by atoms with E-state index in [2.05, 4.69) is 25.6 Å². The van der Waals surface area contributed by atoms with Crippen molar-refractivity contribution in [1.82, 2.24) is 15.4 Å². The molecule has 0 radical (unpaired) electrons. The maximum Gasteiger partial charge on any atom is 0.265 e. The molecule has 2 heterocycles. The van der Waals surface area contributed by atoms with Gasteiger partial charge in [0.2, 0.25) is 0 Å². The zero-order valence-electron chi connectivity index (χ0n) is 18.0. The number of fused-ring (bicyclic) bond motifs is 1. The molecule has 0 atom stereocenters. The van der Waals surface area contributed by atoms with Gasteiger partial charge < -0.3 is 15.2 Å². The van der Waals surface area contributed by atoms with Gasteiger partial charge in [-0.05, 0) is 67.4 Å². The van der Waals surface area contributed by atoms with Gasteiger partial charge in [-0.3, -0.25) is 15.0 Å². The number of nitrogen functional groups attached to an aromatic ring is 1. The van der Waals surface area contributed by atoms with Crippen molar-refractivity contribution in [1.29, 1.82) is 0 Å². The van der Waals surface area contributed by atoms with Crippen molar-refractivity contribution in [2.45, 2.75) is 12.8 Å². The van der Waals surface area contributed by atoms with E-state index < -0.39 is 0 Å². The topological polar surface area (TPSA) is 116 Å². The lowest BCUT2D eigenvalue weighted by Crippen LogP contribution is -2.29. The molecule has 3 aromatic carbocycles. The molecule has 5 N–H and O–H groups in total. The van der Waals surface area contributed by atoms with E-state index in [1.54, 1.807) is 24.3 Å². The van der Waals surface area contributed by atoms with Crippen molar-refractivity contribution < 1.29 is 9.59 Å². The number of hydrogen-bond donors (Lipinski definition) is 4. The van der Waals surface area contributed by atoms with Gasteiger partial charge in [-0.25, -0.2) is 10.8 Å². The maximum absolute atomic E-state index is 12.7. The highest BCUT2D eigenvalue weighted by Gasteiger charge is 2.14. The summed E-state index contributed by atoms with van der Waals surface area (Å²) >= 11 is 0. The van der Waals surface area contributed by atoms with Crippen molar-refractivity contribution >= 4 is 34.2 Å². The van der Waals surface area contributed by atoms with Crippen LogP contribution < -0.4 is 21.5 Å². The van der Waals surface area contributed by atoms with Gasteiger partial charge in [0.15, 0.2) is 0 Å². The predicted molar refractivity (Wildman–Crippen MR) is 129 cm³/mol. The maximum atomic E-state index is 12.7. The van der Waals surface area contributed by atoms with Crippen molar-refractivity contribution in [2.75, 3.05) is 23.3 Å². The number of nitrogens with two attached hydrogens (primary N) is 1. The van der Waals surface area contributed by atoms with Gasteiger partial charge in [0.1, 0.15) is 5.82 Å². The van der Waals surface area contributed by atoms with Crippen LogP contribution in [0, 0.1) is 0 Å². The largest absolute Gasteiger partial charge is 0.372 e. The number of imidazole rings is 1. The minimum Gasteiger partial charge on any atom is -0.372 e. The van der Waals surface area contributed by atoms with Gasteiger partial charge in [0.25, 0.3) is 11.8 Å². The van der Waals surface area contributed by atoms with E-state index in [4.69, 9.17) is 5.84 Å². The SMILES string of the molecule is NNC(=O)c1ccc(-c2nc3ccc(NC(=O)c4ccc(N5CCCC5)cc4)cc3[nH]2)cc1. The summed E-state index contributed by atoms with van der Waals surface area (Å²) in [5.41, 5.74) is 7.45. The van der Waals surface area contributed by atoms with E-state index in [-0.39, 0.29) is 11.8 Å². The molecule has 5 rings (SSSR count). The van der Waals surface area contributed by atoms with Crippen molar-refractivity contribution in [3.63, 3.8) is 0 Å². The van der Waals surface area contributed by atoms with Gasteiger partial charge in [-0.15, -0.1) is 0 Å². The van der Waals surface area contributed by atoms with Gasteiger partial charge in [-0.1, -0.05) is 12.1 Å². The number of benzene rings is 3. The van der Waals surface area contributed by atoms with Crippen LogP contribution in [0.4, 0.5) is 11.4 Å². The van der Waals surface area contributed by atoms with Crippen LogP contribution in [0.3, 0.4) is 0 Å². The van der Waals surface area contributed by atoms with E-state index in [1.165, 1.54) is 12.8 Å². The van der Waals surface area contributed by atoms with Crippen LogP contribution in [0.25, 0.3) is 22.4 Å². The molecular weight excluding hydrogens is 416 g/mol. The summed E-state index contributed by atoms with van der Waals surface area (Å²) in [5, 5.41) is 2.96. The van der Waals surface area contributed by atoms with Gasteiger partial charge in [0, 0.05) is 41.2 Å². The van der Waals surface area contributed by atoms with Gasteiger partial charge in [-0.2, -0.15) is 0 Å². The third-order valence-electron chi connectivity index (χ3n) is 5.89. The number of hydrogen-bond acceptors (Lipinski definition) is 5. The molecule has 8 nitrogen and oxygen atoms in total. The first-order valence-electron chi connectivity index (χ1n) is 10.9. The number of hydrazine groups is 1. The lowest BCUT2D eigenvalue weighted by Gasteiger charge is -2.17. The first kappa shape index (κ1) is 20.7. The zero-order chi connectivity index (χ0) is 22.8. The average Bonchev–Trinajstić information content (AvgIpc) is 3.54. The molecule has 0 unspecified atom stereocenters. The van der Waals surface area contributed by atoms with Crippen LogP contribution in [-0.2, 0) is 0 Å². The Labute approximate surface area is 190 Å². The third kappa shape index (κ3) is 4.28. The molecule has 1 aromatic heterocycles. The quantitative estimate of drug-likeness (QED) is 0.215. The van der Waals surface area contributed by atoms with Crippen molar-refractivity contribution in [3.05, 3.63) is 77.9 Å². The van der Waals surface area contributed by atoms with Crippen molar-refractivity contribution in [3.8, 4) is 11.4 Å². The molecular formula is C25H24N6O2. The molecule has 2 amide bonds. The molecule has 0 bridgehead atoms. The number of H-pyrrole nitrogens is 1. The Morgan fingerprint density at radius 2 is 1.55 bits per heavy atom. The van der Waals surface area contributed by atoms with E-state index in [0.29, 0.717) is 22.6 Å². The molecule has 166 valence electrons. The number of amides is 2. The summed E-state index contributed by atoms with van der Waals surface area (Å²) < 4.78 is 0. The lowest BCUT2D eigenvalue weighted by molar-refractivity contribution is 0.0952. The number of aromatic nitrogens is 2. The lowest BCUT2D eigenvalue weighted by atomic mass is 10.1. The number of nitrogens with zero attached hydrogens (tertiary/aromatic N) is 2. The molecule has 8 heteroatoms.